The normalized spacial score (nSPS) is 15.6. The van der Waals surface area contributed by atoms with Crippen LogP contribution in [0.15, 0.2) is 0 Å². The quantitative estimate of drug-likeness (QED) is 0.298. The lowest BCUT2D eigenvalue weighted by molar-refractivity contribution is -0.108. The van der Waals surface area contributed by atoms with Crippen LogP contribution in [0.2, 0.25) is 18.1 Å². The van der Waals surface area contributed by atoms with E-state index in [0.717, 1.165) is 6.29 Å². The van der Waals surface area contributed by atoms with E-state index in [9.17, 15) is 13.6 Å². The highest BCUT2D eigenvalue weighted by atomic mass is 35.5. The van der Waals surface area contributed by atoms with E-state index >= 15 is 0 Å². The summed E-state index contributed by atoms with van der Waals surface area (Å²) in [7, 11) is -2.29. The van der Waals surface area contributed by atoms with Gasteiger partial charge in [0.05, 0.1) is 0 Å². The van der Waals surface area contributed by atoms with E-state index in [1.807, 2.05) is 33.9 Å². The van der Waals surface area contributed by atoms with Gasteiger partial charge in [0.15, 0.2) is 8.32 Å². The van der Waals surface area contributed by atoms with Crippen molar-refractivity contribution in [3.05, 3.63) is 0 Å². The molecule has 2 nitrogen and oxygen atoms in total. The number of carbonyl (C=O) groups is 1. The van der Waals surface area contributed by atoms with Gasteiger partial charge in [-0.1, -0.05) is 20.8 Å². The van der Waals surface area contributed by atoms with E-state index in [1.54, 1.807) is 0 Å². The van der Waals surface area contributed by atoms with Crippen molar-refractivity contribution in [3.63, 3.8) is 0 Å². The molecule has 0 fully saturated rings. The molecule has 108 valence electrons. The van der Waals surface area contributed by atoms with Crippen molar-refractivity contribution >= 4 is 26.2 Å². The number of hydrogen-bond donors (Lipinski definition) is 0. The summed E-state index contributed by atoms with van der Waals surface area (Å²) in [6, 6.07) is 0. The summed E-state index contributed by atoms with van der Waals surface area (Å²) in [5.74, 6) is 0. The third-order valence-corrected chi connectivity index (χ3v) is 8.13. The third kappa shape index (κ3) is 5.76. The van der Waals surface area contributed by atoms with Gasteiger partial charge in [0.1, 0.15) is 12.4 Å². The van der Waals surface area contributed by atoms with Crippen LogP contribution in [0, 0.1) is 0 Å². The van der Waals surface area contributed by atoms with E-state index in [1.165, 1.54) is 0 Å². The second-order valence-electron chi connectivity index (χ2n) is 6.01. The Morgan fingerprint density at radius 1 is 1.33 bits per heavy atom. The first kappa shape index (κ1) is 18.0. The molecule has 0 aromatic heterocycles. The highest BCUT2D eigenvalue weighted by Crippen LogP contribution is 2.41. The molecule has 0 saturated carbocycles. The van der Waals surface area contributed by atoms with Crippen molar-refractivity contribution < 1.29 is 18.0 Å². The SMILES string of the molecule is CC(C)(C)[Si](C)(C)OC(CCCC=O)C(F)(F)Cl. The van der Waals surface area contributed by atoms with E-state index in [4.69, 9.17) is 16.0 Å². The van der Waals surface area contributed by atoms with Gasteiger partial charge < -0.3 is 9.22 Å². The molecule has 0 radical (unpaired) electrons. The van der Waals surface area contributed by atoms with Crippen molar-refractivity contribution in [2.45, 2.75) is 69.7 Å². The Kier molecular flexibility index (Phi) is 6.43. The molecular formula is C12H23ClF2O2Si. The van der Waals surface area contributed by atoms with E-state index in [2.05, 4.69) is 0 Å². The number of aldehydes is 1. The largest absolute Gasteiger partial charge is 0.406 e. The van der Waals surface area contributed by atoms with Gasteiger partial charge in [-0.05, 0) is 42.6 Å². The summed E-state index contributed by atoms with van der Waals surface area (Å²) in [5.41, 5.74) is 0. The van der Waals surface area contributed by atoms with Gasteiger partial charge in [0.25, 0.3) is 0 Å². The van der Waals surface area contributed by atoms with Crippen molar-refractivity contribution in [1.82, 2.24) is 0 Å². The summed E-state index contributed by atoms with van der Waals surface area (Å²) in [4.78, 5) is 10.2. The number of rotatable bonds is 7. The van der Waals surface area contributed by atoms with Crippen LogP contribution in [0.25, 0.3) is 0 Å². The van der Waals surface area contributed by atoms with Crippen molar-refractivity contribution in [1.29, 1.82) is 0 Å². The molecule has 1 atom stereocenters. The lowest BCUT2D eigenvalue weighted by atomic mass is 10.2. The van der Waals surface area contributed by atoms with Gasteiger partial charge in [-0.3, -0.25) is 0 Å². The van der Waals surface area contributed by atoms with Gasteiger partial charge in [0, 0.05) is 6.42 Å². The summed E-state index contributed by atoms with van der Waals surface area (Å²) >= 11 is 5.11. The van der Waals surface area contributed by atoms with Gasteiger partial charge >= 0.3 is 5.38 Å². The second kappa shape index (κ2) is 6.44. The zero-order valence-corrected chi connectivity index (χ0v) is 13.5. The zero-order chi connectivity index (χ0) is 14.6. The molecule has 0 bridgehead atoms. The fourth-order valence-electron chi connectivity index (χ4n) is 1.21. The molecule has 0 rings (SSSR count). The average Bonchev–Trinajstić information content (AvgIpc) is 2.13. The minimum absolute atomic E-state index is 0.0990. The van der Waals surface area contributed by atoms with Crippen LogP contribution in [0.5, 0.6) is 0 Å². The molecule has 0 saturated heterocycles. The molecular weight excluding hydrogens is 278 g/mol. The van der Waals surface area contributed by atoms with Crippen LogP contribution >= 0.6 is 11.6 Å². The van der Waals surface area contributed by atoms with Crippen LogP contribution in [0.1, 0.15) is 40.0 Å². The topological polar surface area (TPSA) is 26.3 Å². The fraction of sp³-hybridized carbons (Fsp3) is 0.917. The van der Waals surface area contributed by atoms with Crippen LogP contribution in [-0.4, -0.2) is 26.1 Å². The standard InChI is InChI=1S/C12H23ClF2O2Si/c1-11(2,3)18(4,5)17-10(12(13,14)15)8-6-7-9-16/h9-10H,6-8H2,1-5H3. The number of halogens is 3. The number of unbranched alkanes of at least 4 members (excludes halogenated alkanes) is 1. The third-order valence-electron chi connectivity index (χ3n) is 3.40. The minimum atomic E-state index is -3.39. The molecule has 0 aliphatic carbocycles. The molecule has 1 unspecified atom stereocenters. The maximum Gasteiger partial charge on any atom is 0.346 e. The molecule has 0 amide bonds. The highest BCUT2D eigenvalue weighted by molar-refractivity contribution is 6.74. The lowest BCUT2D eigenvalue weighted by Gasteiger charge is -2.40. The van der Waals surface area contributed by atoms with Crippen LogP contribution in [0.3, 0.4) is 0 Å². The number of alkyl halides is 3. The summed E-state index contributed by atoms with van der Waals surface area (Å²) in [5, 5.41) is -3.55. The number of carbonyl (C=O) groups excluding carboxylic acids is 1. The zero-order valence-electron chi connectivity index (χ0n) is 11.7. The molecule has 0 aromatic rings. The predicted octanol–water partition coefficient (Wildman–Crippen LogP) is 4.58. The van der Waals surface area contributed by atoms with Crippen LogP contribution < -0.4 is 0 Å². The highest BCUT2D eigenvalue weighted by Gasteiger charge is 2.45. The van der Waals surface area contributed by atoms with Gasteiger partial charge in [-0.25, -0.2) is 0 Å². The Balaban J connectivity index is 4.75. The van der Waals surface area contributed by atoms with E-state index in [-0.39, 0.29) is 17.9 Å². The molecule has 0 aliphatic rings. The van der Waals surface area contributed by atoms with Gasteiger partial charge in [-0.15, -0.1) is 0 Å². The maximum atomic E-state index is 13.3. The Hall–Kier alpha value is -0.00312. The maximum absolute atomic E-state index is 13.3. The first-order valence-electron chi connectivity index (χ1n) is 6.10. The molecule has 0 aliphatic heterocycles. The molecule has 6 heteroatoms. The Labute approximate surface area is 114 Å². The molecule has 0 N–H and O–H groups in total. The Morgan fingerprint density at radius 2 is 1.83 bits per heavy atom. The van der Waals surface area contributed by atoms with Crippen LogP contribution in [-0.2, 0) is 9.22 Å². The molecule has 0 spiro atoms. The lowest BCUT2D eigenvalue weighted by Crippen LogP contribution is -2.47. The fourth-order valence-corrected chi connectivity index (χ4v) is 2.77. The van der Waals surface area contributed by atoms with E-state index < -0.39 is 19.8 Å². The Bertz CT molecular complexity index is 272. The van der Waals surface area contributed by atoms with Crippen molar-refractivity contribution in [2.75, 3.05) is 0 Å². The van der Waals surface area contributed by atoms with E-state index in [0.29, 0.717) is 6.42 Å². The summed E-state index contributed by atoms with van der Waals surface area (Å²) < 4.78 is 32.3. The van der Waals surface area contributed by atoms with Crippen LogP contribution in [0.4, 0.5) is 8.78 Å². The van der Waals surface area contributed by atoms with Crippen molar-refractivity contribution in [2.24, 2.45) is 0 Å². The summed E-state index contributed by atoms with van der Waals surface area (Å²) in [6.45, 7) is 9.75. The first-order valence-corrected chi connectivity index (χ1v) is 9.38. The van der Waals surface area contributed by atoms with Gasteiger partial charge in [-0.2, -0.15) is 8.78 Å². The minimum Gasteiger partial charge on any atom is -0.406 e. The predicted molar refractivity (Wildman–Crippen MR) is 72.8 cm³/mol. The first-order chi connectivity index (χ1) is 7.92. The summed E-state index contributed by atoms with van der Waals surface area (Å²) in [6.07, 6.45) is 0.118. The average molecular weight is 301 g/mol. The molecule has 0 heterocycles. The molecule has 0 aromatic carbocycles. The smallest absolute Gasteiger partial charge is 0.346 e. The molecule has 18 heavy (non-hydrogen) atoms. The second-order valence-corrected chi connectivity index (χ2v) is 11.3. The number of hydrogen-bond acceptors (Lipinski definition) is 2. The van der Waals surface area contributed by atoms with Gasteiger partial charge in [0.2, 0.25) is 0 Å². The monoisotopic (exact) mass is 300 g/mol. The Morgan fingerprint density at radius 3 is 2.17 bits per heavy atom. The van der Waals surface area contributed by atoms with Crippen molar-refractivity contribution in [3.8, 4) is 0 Å².